The highest BCUT2D eigenvalue weighted by atomic mass is 14.9. The standard InChI is InChI=1S/C14H27N/c1-11-7-8-14(15-2)10-13(11)9-12-5-3-4-6-12/h11-15H,3-10H2,1-2H3. The molecule has 1 heteroatoms. The molecule has 3 unspecified atom stereocenters. The van der Waals surface area contributed by atoms with Crippen molar-refractivity contribution in [2.24, 2.45) is 17.8 Å². The molecule has 2 saturated carbocycles. The fourth-order valence-corrected chi connectivity index (χ4v) is 3.68. The van der Waals surface area contributed by atoms with E-state index >= 15 is 0 Å². The second-order valence-corrected chi connectivity index (χ2v) is 5.92. The topological polar surface area (TPSA) is 12.0 Å². The van der Waals surface area contributed by atoms with Crippen molar-refractivity contribution in [2.75, 3.05) is 7.05 Å². The van der Waals surface area contributed by atoms with E-state index in [-0.39, 0.29) is 0 Å². The Bertz CT molecular complexity index is 184. The molecule has 15 heavy (non-hydrogen) atoms. The first-order valence-corrected chi connectivity index (χ1v) is 6.97. The van der Waals surface area contributed by atoms with Gasteiger partial charge in [0.25, 0.3) is 0 Å². The van der Waals surface area contributed by atoms with Gasteiger partial charge in [-0.25, -0.2) is 0 Å². The van der Waals surface area contributed by atoms with Gasteiger partial charge < -0.3 is 5.32 Å². The first-order valence-electron chi connectivity index (χ1n) is 6.97. The summed E-state index contributed by atoms with van der Waals surface area (Å²) in [6.45, 7) is 2.48. The lowest BCUT2D eigenvalue weighted by Crippen LogP contribution is -2.35. The van der Waals surface area contributed by atoms with Crippen LogP contribution in [-0.2, 0) is 0 Å². The van der Waals surface area contributed by atoms with E-state index in [9.17, 15) is 0 Å². The summed E-state index contributed by atoms with van der Waals surface area (Å²) in [6.07, 6.45) is 11.9. The average Bonchev–Trinajstić information content (AvgIpc) is 2.74. The van der Waals surface area contributed by atoms with Gasteiger partial charge in [0.15, 0.2) is 0 Å². The number of nitrogens with one attached hydrogen (secondary N) is 1. The lowest BCUT2D eigenvalue weighted by molar-refractivity contribution is 0.182. The van der Waals surface area contributed by atoms with Crippen molar-refractivity contribution in [1.29, 1.82) is 0 Å². The van der Waals surface area contributed by atoms with Gasteiger partial charge in [0.1, 0.15) is 0 Å². The Morgan fingerprint density at radius 2 is 1.80 bits per heavy atom. The van der Waals surface area contributed by atoms with Crippen molar-refractivity contribution in [2.45, 2.75) is 64.3 Å². The molecule has 2 aliphatic rings. The largest absolute Gasteiger partial charge is 0.317 e. The lowest BCUT2D eigenvalue weighted by Gasteiger charge is -2.35. The molecule has 0 saturated heterocycles. The van der Waals surface area contributed by atoms with Crippen LogP contribution in [-0.4, -0.2) is 13.1 Å². The Labute approximate surface area is 95.0 Å². The quantitative estimate of drug-likeness (QED) is 0.749. The van der Waals surface area contributed by atoms with E-state index in [1.165, 1.54) is 51.4 Å². The molecule has 0 amide bonds. The molecule has 0 spiro atoms. The highest BCUT2D eigenvalue weighted by Gasteiger charge is 2.29. The van der Waals surface area contributed by atoms with E-state index in [1.807, 2.05) is 0 Å². The van der Waals surface area contributed by atoms with Crippen LogP contribution in [0.2, 0.25) is 0 Å². The fourth-order valence-electron chi connectivity index (χ4n) is 3.68. The summed E-state index contributed by atoms with van der Waals surface area (Å²) in [5.41, 5.74) is 0. The van der Waals surface area contributed by atoms with Gasteiger partial charge in [-0.2, -0.15) is 0 Å². The summed E-state index contributed by atoms with van der Waals surface area (Å²) in [7, 11) is 2.13. The van der Waals surface area contributed by atoms with Gasteiger partial charge >= 0.3 is 0 Å². The second-order valence-electron chi connectivity index (χ2n) is 5.92. The first-order chi connectivity index (χ1) is 7.29. The van der Waals surface area contributed by atoms with Gasteiger partial charge in [-0.1, -0.05) is 32.6 Å². The predicted octanol–water partition coefficient (Wildman–Crippen LogP) is 3.59. The van der Waals surface area contributed by atoms with Crippen molar-refractivity contribution in [3.05, 3.63) is 0 Å². The molecule has 0 aromatic rings. The Morgan fingerprint density at radius 1 is 1.07 bits per heavy atom. The Hall–Kier alpha value is -0.0400. The molecule has 0 aromatic carbocycles. The molecule has 3 atom stereocenters. The molecule has 1 nitrogen and oxygen atoms in total. The van der Waals surface area contributed by atoms with Crippen molar-refractivity contribution in [3.63, 3.8) is 0 Å². The van der Waals surface area contributed by atoms with Crippen LogP contribution in [0.1, 0.15) is 58.3 Å². The fraction of sp³-hybridized carbons (Fsp3) is 1.00. The molecular weight excluding hydrogens is 182 g/mol. The van der Waals surface area contributed by atoms with E-state index in [4.69, 9.17) is 0 Å². The SMILES string of the molecule is CNC1CCC(C)C(CC2CCCC2)C1. The number of hydrogen-bond acceptors (Lipinski definition) is 1. The smallest absolute Gasteiger partial charge is 0.00669 e. The molecule has 2 aliphatic carbocycles. The number of hydrogen-bond donors (Lipinski definition) is 1. The van der Waals surface area contributed by atoms with E-state index < -0.39 is 0 Å². The molecule has 0 heterocycles. The lowest BCUT2D eigenvalue weighted by atomic mass is 9.73. The van der Waals surface area contributed by atoms with Gasteiger partial charge in [-0.05, 0) is 50.5 Å². The molecule has 1 N–H and O–H groups in total. The molecular formula is C14H27N. The van der Waals surface area contributed by atoms with Crippen LogP contribution in [0.5, 0.6) is 0 Å². The minimum Gasteiger partial charge on any atom is -0.317 e. The van der Waals surface area contributed by atoms with Crippen LogP contribution in [0, 0.1) is 17.8 Å². The summed E-state index contributed by atoms with van der Waals surface area (Å²) < 4.78 is 0. The average molecular weight is 209 g/mol. The zero-order chi connectivity index (χ0) is 10.7. The van der Waals surface area contributed by atoms with Crippen molar-refractivity contribution < 1.29 is 0 Å². The molecule has 0 aliphatic heterocycles. The van der Waals surface area contributed by atoms with E-state index in [1.54, 1.807) is 0 Å². The molecule has 0 bridgehead atoms. The monoisotopic (exact) mass is 209 g/mol. The van der Waals surface area contributed by atoms with Crippen LogP contribution in [0.15, 0.2) is 0 Å². The summed E-state index contributed by atoms with van der Waals surface area (Å²) in [6, 6.07) is 0.813. The molecule has 0 radical (unpaired) electrons. The van der Waals surface area contributed by atoms with Crippen LogP contribution in [0.4, 0.5) is 0 Å². The first kappa shape index (κ1) is 11.4. The Morgan fingerprint density at radius 3 is 2.47 bits per heavy atom. The third kappa shape index (κ3) is 2.96. The third-order valence-corrected chi connectivity index (χ3v) is 4.88. The molecule has 2 fully saturated rings. The van der Waals surface area contributed by atoms with E-state index in [2.05, 4.69) is 19.3 Å². The van der Waals surface area contributed by atoms with Gasteiger partial charge in [0.2, 0.25) is 0 Å². The van der Waals surface area contributed by atoms with Crippen LogP contribution < -0.4 is 5.32 Å². The van der Waals surface area contributed by atoms with Crippen LogP contribution in [0.3, 0.4) is 0 Å². The second kappa shape index (κ2) is 5.34. The van der Waals surface area contributed by atoms with Crippen LogP contribution >= 0.6 is 0 Å². The normalized spacial score (nSPS) is 38.4. The van der Waals surface area contributed by atoms with Crippen LogP contribution in [0.25, 0.3) is 0 Å². The highest BCUT2D eigenvalue weighted by molar-refractivity contribution is 4.83. The maximum atomic E-state index is 3.48. The van der Waals surface area contributed by atoms with E-state index in [0.717, 1.165) is 23.8 Å². The maximum absolute atomic E-state index is 3.48. The Kier molecular flexibility index (Phi) is 4.07. The summed E-state index contributed by atoms with van der Waals surface area (Å²) >= 11 is 0. The Balaban J connectivity index is 1.82. The zero-order valence-corrected chi connectivity index (χ0v) is 10.5. The molecule has 88 valence electrons. The highest BCUT2D eigenvalue weighted by Crippen LogP contribution is 2.38. The van der Waals surface area contributed by atoms with Crippen molar-refractivity contribution in [1.82, 2.24) is 5.32 Å². The predicted molar refractivity (Wildman–Crippen MR) is 65.9 cm³/mol. The summed E-state index contributed by atoms with van der Waals surface area (Å²) in [5, 5.41) is 3.48. The third-order valence-electron chi connectivity index (χ3n) is 4.88. The number of rotatable bonds is 3. The summed E-state index contributed by atoms with van der Waals surface area (Å²) in [4.78, 5) is 0. The maximum Gasteiger partial charge on any atom is 0.00669 e. The molecule has 0 aromatic heterocycles. The molecule has 2 rings (SSSR count). The minimum atomic E-state index is 0.813. The van der Waals surface area contributed by atoms with Gasteiger partial charge in [0.05, 0.1) is 0 Å². The zero-order valence-electron chi connectivity index (χ0n) is 10.5. The summed E-state index contributed by atoms with van der Waals surface area (Å²) in [5.74, 6) is 3.07. The van der Waals surface area contributed by atoms with Gasteiger partial charge in [-0.3, -0.25) is 0 Å². The van der Waals surface area contributed by atoms with Gasteiger partial charge in [-0.15, -0.1) is 0 Å². The minimum absolute atomic E-state index is 0.813. The van der Waals surface area contributed by atoms with Crippen molar-refractivity contribution >= 4 is 0 Å². The van der Waals surface area contributed by atoms with E-state index in [0.29, 0.717) is 0 Å². The van der Waals surface area contributed by atoms with Crippen molar-refractivity contribution in [3.8, 4) is 0 Å². The van der Waals surface area contributed by atoms with Gasteiger partial charge in [0, 0.05) is 6.04 Å².